The van der Waals surface area contributed by atoms with E-state index in [9.17, 15) is 9.90 Å². The van der Waals surface area contributed by atoms with Crippen LogP contribution in [0, 0.1) is 5.92 Å². The quantitative estimate of drug-likeness (QED) is 0.229. The van der Waals surface area contributed by atoms with Gasteiger partial charge < -0.3 is 19.3 Å². The van der Waals surface area contributed by atoms with E-state index in [0.717, 1.165) is 65.3 Å². The molecule has 2 aliphatic carbocycles. The van der Waals surface area contributed by atoms with Gasteiger partial charge in [-0.25, -0.2) is 9.78 Å². The van der Waals surface area contributed by atoms with E-state index in [1.807, 2.05) is 24.3 Å². The molecule has 208 valence electrons. The molecule has 40 heavy (non-hydrogen) atoms. The molecule has 3 atom stereocenters. The molecule has 2 aromatic heterocycles. The molecule has 3 aliphatic rings. The van der Waals surface area contributed by atoms with Crippen molar-refractivity contribution in [2.75, 3.05) is 11.4 Å². The Kier molecular flexibility index (Phi) is 6.98. The van der Waals surface area contributed by atoms with Gasteiger partial charge in [0, 0.05) is 35.5 Å². The highest BCUT2D eigenvalue weighted by atomic mass is 35.5. The second-order valence-electron chi connectivity index (χ2n) is 11.1. The van der Waals surface area contributed by atoms with Crippen molar-refractivity contribution in [3.63, 3.8) is 0 Å². The number of carboxylic acids is 1. The highest BCUT2D eigenvalue weighted by Gasteiger charge is 2.42. The van der Waals surface area contributed by atoms with Gasteiger partial charge in [-0.05, 0) is 62.4 Å². The number of hydrogen-bond acceptors (Lipinski definition) is 7. The van der Waals surface area contributed by atoms with E-state index in [1.165, 1.54) is 12.8 Å². The van der Waals surface area contributed by atoms with Crippen LogP contribution in [-0.2, 0) is 11.3 Å². The molecule has 0 bridgehead atoms. The molecule has 1 N–H and O–H groups in total. The number of rotatable bonds is 7. The first-order valence-corrected chi connectivity index (χ1v) is 15.5. The number of piperidine rings is 1. The van der Waals surface area contributed by atoms with Crippen molar-refractivity contribution < 1.29 is 19.2 Å². The molecule has 0 spiro atoms. The Morgan fingerprint density at radius 1 is 1.10 bits per heavy atom. The first-order valence-electron chi connectivity index (χ1n) is 13.9. The summed E-state index contributed by atoms with van der Waals surface area (Å²) in [5.74, 6) is 0.755. The third-order valence-electron chi connectivity index (χ3n) is 8.59. The molecule has 2 aromatic carbocycles. The Labute approximate surface area is 246 Å². The maximum Gasteiger partial charge on any atom is 0.335 e. The van der Waals surface area contributed by atoms with Gasteiger partial charge in [-0.1, -0.05) is 58.6 Å². The minimum Gasteiger partial charge on any atom is -0.478 e. The van der Waals surface area contributed by atoms with Crippen molar-refractivity contribution in [2.45, 2.75) is 69.6 Å². The smallest absolute Gasteiger partial charge is 0.335 e. The van der Waals surface area contributed by atoms with Gasteiger partial charge in [-0.15, -0.1) is 0 Å². The minimum atomic E-state index is -0.917. The summed E-state index contributed by atoms with van der Waals surface area (Å²) in [6, 6.07) is 11.0. The van der Waals surface area contributed by atoms with E-state index >= 15 is 0 Å². The second-order valence-corrected chi connectivity index (χ2v) is 12.9. The summed E-state index contributed by atoms with van der Waals surface area (Å²) in [5.41, 5.74) is 3.49. The van der Waals surface area contributed by atoms with E-state index in [0.29, 0.717) is 51.4 Å². The van der Waals surface area contributed by atoms with Crippen LogP contribution in [0.15, 0.2) is 40.9 Å². The van der Waals surface area contributed by atoms with Gasteiger partial charge >= 0.3 is 5.97 Å². The fraction of sp³-hybridized carbons (Fsp3) is 0.433. The van der Waals surface area contributed by atoms with Crippen molar-refractivity contribution in [1.82, 2.24) is 10.1 Å². The van der Waals surface area contributed by atoms with E-state index in [4.69, 9.17) is 37.4 Å². The highest BCUT2D eigenvalue weighted by Crippen LogP contribution is 2.47. The number of thiazole rings is 1. The number of nitrogens with zero attached hydrogens (tertiary/aromatic N) is 3. The van der Waals surface area contributed by atoms with Crippen LogP contribution in [-0.4, -0.2) is 39.9 Å². The minimum absolute atomic E-state index is 0.117. The Balaban J connectivity index is 1.14. The lowest BCUT2D eigenvalue weighted by Crippen LogP contribution is -2.53. The number of aromatic nitrogens is 2. The van der Waals surface area contributed by atoms with Crippen LogP contribution < -0.4 is 4.90 Å². The topological polar surface area (TPSA) is 88.7 Å². The van der Waals surface area contributed by atoms with Gasteiger partial charge in [0.1, 0.15) is 11.5 Å². The molecule has 3 fully saturated rings. The molecule has 2 saturated carbocycles. The van der Waals surface area contributed by atoms with Crippen LogP contribution in [0.25, 0.3) is 21.5 Å². The Bertz CT molecular complexity index is 1560. The molecule has 7 nitrogen and oxygen atoms in total. The average molecular weight is 599 g/mol. The largest absolute Gasteiger partial charge is 0.478 e. The maximum absolute atomic E-state index is 11.5. The van der Waals surface area contributed by atoms with E-state index in [2.05, 4.69) is 10.1 Å². The van der Waals surface area contributed by atoms with Gasteiger partial charge in [0.25, 0.3) is 0 Å². The van der Waals surface area contributed by atoms with Crippen molar-refractivity contribution in [3.05, 3.63) is 63.3 Å². The lowest BCUT2D eigenvalue weighted by molar-refractivity contribution is -0.0338. The molecule has 3 unspecified atom stereocenters. The molecule has 7 rings (SSSR count). The fourth-order valence-electron chi connectivity index (χ4n) is 6.46. The first kappa shape index (κ1) is 26.3. The van der Waals surface area contributed by atoms with Crippen LogP contribution in [0.3, 0.4) is 0 Å². The maximum atomic E-state index is 11.5. The number of benzene rings is 2. The van der Waals surface area contributed by atoms with Crippen LogP contribution in [0.4, 0.5) is 5.13 Å². The number of halogens is 2. The summed E-state index contributed by atoms with van der Waals surface area (Å²) in [4.78, 5) is 18.8. The van der Waals surface area contributed by atoms with Crippen molar-refractivity contribution in [1.29, 1.82) is 0 Å². The lowest BCUT2D eigenvalue weighted by atomic mass is 9.76. The monoisotopic (exact) mass is 597 g/mol. The first-order chi connectivity index (χ1) is 19.5. The zero-order valence-electron chi connectivity index (χ0n) is 21.8. The number of carbonyl (C=O) groups is 1. The predicted molar refractivity (Wildman–Crippen MR) is 157 cm³/mol. The molecule has 0 amide bonds. The standard InChI is InChI=1S/C30H29Cl2N3O4S/c31-20-5-3-6-21(32)26(20)27-19(28(39-34-27)16-8-9-16)15-38-24-12-13-35(23-7-2-1-4-18(23)24)30-33-22-11-10-17(29(36)37)14-25(22)40-30/h3,5-6,10-11,14,16,18,23-24H,1-2,4,7-9,12-13,15H2,(H,36,37). The van der Waals surface area contributed by atoms with Crippen LogP contribution >= 0.6 is 34.5 Å². The number of fused-ring (bicyclic) bond motifs is 2. The van der Waals surface area contributed by atoms with Gasteiger partial charge in [-0.2, -0.15) is 0 Å². The van der Waals surface area contributed by atoms with Crippen LogP contribution in [0.2, 0.25) is 10.0 Å². The Morgan fingerprint density at radius 2 is 1.90 bits per heavy atom. The van der Waals surface area contributed by atoms with Gasteiger partial charge in [0.2, 0.25) is 0 Å². The number of aromatic carboxylic acids is 1. The summed E-state index contributed by atoms with van der Waals surface area (Å²) in [6.07, 6.45) is 7.79. The third-order valence-corrected chi connectivity index (χ3v) is 10.3. The second kappa shape index (κ2) is 10.6. The molecule has 10 heteroatoms. The predicted octanol–water partition coefficient (Wildman–Crippen LogP) is 8.19. The summed E-state index contributed by atoms with van der Waals surface area (Å²) in [6.45, 7) is 1.26. The average Bonchev–Trinajstić information content (AvgIpc) is 3.58. The van der Waals surface area contributed by atoms with E-state index < -0.39 is 5.97 Å². The lowest BCUT2D eigenvalue weighted by Gasteiger charge is -2.47. The number of carboxylic acid groups (broad SMARTS) is 1. The molecule has 1 saturated heterocycles. The fourth-order valence-corrected chi connectivity index (χ4v) is 8.12. The number of hydrogen-bond donors (Lipinski definition) is 1. The highest BCUT2D eigenvalue weighted by molar-refractivity contribution is 7.22. The van der Waals surface area contributed by atoms with E-state index in [1.54, 1.807) is 23.5 Å². The number of ether oxygens (including phenoxy) is 1. The zero-order valence-corrected chi connectivity index (χ0v) is 24.1. The van der Waals surface area contributed by atoms with Gasteiger partial charge in [0.15, 0.2) is 5.13 Å². The van der Waals surface area contributed by atoms with E-state index in [-0.39, 0.29) is 6.10 Å². The SMILES string of the molecule is O=C(O)c1ccc2nc(N3CCC(OCc4c(-c5c(Cl)cccc5Cl)noc4C4CC4)C4CCCCC43)sc2c1. The zero-order chi connectivity index (χ0) is 27.4. The summed E-state index contributed by atoms with van der Waals surface area (Å²) in [5, 5.41) is 15.9. The molecule has 4 aromatic rings. The van der Waals surface area contributed by atoms with Gasteiger partial charge in [-0.3, -0.25) is 0 Å². The Morgan fingerprint density at radius 3 is 2.67 bits per heavy atom. The third kappa shape index (κ3) is 4.79. The van der Waals surface area contributed by atoms with Crippen molar-refractivity contribution in [3.8, 4) is 11.3 Å². The molecular formula is C30H29Cl2N3O4S. The Hall–Kier alpha value is -2.65. The summed E-state index contributed by atoms with van der Waals surface area (Å²) in [7, 11) is 0. The van der Waals surface area contributed by atoms with Crippen molar-refractivity contribution >= 4 is 55.9 Å². The summed E-state index contributed by atoms with van der Waals surface area (Å²) < 4.78 is 13.5. The molecular weight excluding hydrogens is 569 g/mol. The van der Waals surface area contributed by atoms with Crippen molar-refractivity contribution in [2.24, 2.45) is 5.92 Å². The number of anilines is 1. The van der Waals surface area contributed by atoms with Gasteiger partial charge in [0.05, 0.1) is 38.5 Å². The normalized spacial score (nSPS) is 22.9. The van der Waals surface area contributed by atoms with Crippen LogP contribution in [0.1, 0.15) is 72.5 Å². The molecule has 0 radical (unpaired) electrons. The molecule has 3 heterocycles. The molecule has 1 aliphatic heterocycles. The van der Waals surface area contributed by atoms with Crippen LogP contribution in [0.5, 0.6) is 0 Å². The summed E-state index contributed by atoms with van der Waals surface area (Å²) >= 11 is 14.7.